The summed E-state index contributed by atoms with van der Waals surface area (Å²) in [5.41, 5.74) is 0.638. The summed E-state index contributed by atoms with van der Waals surface area (Å²) < 4.78 is 24.4. The van der Waals surface area contributed by atoms with Crippen molar-refractivity contribution in [3.05, 3.63) is 62.2 Å². The maximum Gasteiger partial charge on any atom is 0.293 e. The summed E-state index contributed by atoms with van der Waals surface area (Å²) in [7, 11) is 2.92. The number of carbonyl (C=O) groups excluding carboxylic acids is 2. The lowest BCUT2D eigenvalue weighted by molar-refractivity contribution is -0.123. The van der Waals surface area contributed by atoms with Crippen molar-refractivity contribution >= 4 is 52.2 Å². The van der Waals surface area contributed by atoms with E-state index in [-0.39, 0.29) is 22.0 Å². The van der Waals surface area contributed by atoms with Crippen molar-refractivity contribution in [2.45, 2.75) is 6.54 Å². The van der Waals surface area contributed by atoms with Crippen molar-refractivity contribution in [1.29, 1.82) is 0 Å². The molecule has 0 radical (unpaired) electrons. The molecule has 0 N–H and O–H groups in total. The second-order valence-electron chi connectivity index (χ2n) is 5.71. The number of halogens is 3. The van der Waals surface area contributed by atoms with Crippen LogP contribution in [0.3, 0.4) is 0 Å². The maximum atomic E-state index is 14.0. The number of amides is 2. The quantitative estimate of drug-likeness (QED) is 0.582. The lowest BCUT2D eigenvalue weighted by Gasteiger charge is -2.14. The van der Waals surface area contributed by atoms with Crippen LogP contribution in [0.2, 0.25) is 10.0 Å². The van der Waals surface area contributed by atoms with Crippen molar-refractivity contribution in [3.63, 3.8) is 0 Å². The highest BCUT2D eigenvalue weighted by Gasteiger charge is 2.36. The molecule has 0 unspecified atom stereocenters. The molecule has 0 atom stereocenters. The van der Waals surface area contributed by atoms with Gasteiger partial charge in [-0.3, -0.25) is 14.5 Å². The van der Waals surface area contributed by atoms with E-state index in [4.69, 9.17) is 32.7 Å². The number of methoxy groups -OCH3 is 2. The van der Waals surface area contributed by atoms with E-state index in [1.165, 1.54) is 38.5 Å². The van der Waals surface area contributed by atoms with Crippen LogP contribution in [-0.2, 0) is 11.3 Å². The third kappa shape index (κ3) is 3.97. The van der Waals surface area contributed by atoms with E-state index in [0.717, 1.165) is 16.7 Å². The zero-order chi connectivity index (χ0) is 20.4. The van der Waals surface area contributed by atoms with Crippen LogP contribution in [0.1, 0.15) is 11.1 Å². The van der Waals surface area contributed by atoms with Crippen LogP contribution >= 0.6 is 35.0 Å². The molecule has 1 fully saturated rings. The van der Waals surface area contributed by atoms with Crippen LogP contribution in [-0.4, -0.2) is 30.3 Å². The molecule has 0 bridgehead atoms. The van der Waals surface area contributed by atoms with Crippen molar-refractivity contribution < 1.29 is 23.5 Å². The summed E-state index contributed by atoms with van der Waals surface area (Å²) in [6.45, 7) is -0.250. The Kier molecular flexibility index (Phi) is 6.17. The summed E-state index contributed by atoms with van der Waals surface area (Å²) in [5, 5.41) is -0.0673. The smallest absolute Gasteiger partial charge is 0.293 e. The average molecular weight is 442 g/mol. The first kappa shape index (κ1) is 20.5. The van der Waals surface area contributed by atoms with Crippen LogP contribution in [0.4, 0.5) is 9.18 Å². The molecular formula is C19H14Cl2FNO4S. The number of thioether (sulfide) groups is 1. The number of nitrogens with zero attached hydrogens (tertiary/aromatic N) is 1. The highest BCUT2D eigenvalue weighted by Crippen LogP contribution is 2.39. The molecule has 28 heavy (non-hydrogen) atoms. The zero-order valence-corrected chi connectivity index (χ0v) is 17.1. The van der Waals surface area contributed by atoms with Gasteiger partial charge in [-0.1, -0.05) is 29.3 Å². The van der Waals surface area contributed by atoms with Gasteiger partial charge in [-0.25, -0.2) is 4.39 Å². The highest BCUT2D eigenvalue weighted by atomic mass is 35.5. The standard InChI is InChI=1S/C19H14Cl2FNO4S/c1-26-15-7-10(6-13(21)17(15)27-2)8-16-18(24)23(19(25)28-16)9-11-12(20)4-3-5-14(11)22/h3-8H,9H2,1-2H3. The summed E-state index contributed by atoms with van der Waals surface area (Å²) in [6.07, 6.45) is 1.52. The molecule has 2 aromatic rings. The first-order valence-corrected chi connectivity index (χ1v) is 9.52. The third-order valence-corrected chi connectivity index (χ3v) is 5.55. The first-order chi connectivity index (χ1) is 13.3. The van der Waals surface area contributed by atoms with E-state index in [2.05, 4.69) is 0 Å². The predicted molar refractivity (Wildman–Crippen MR) is 107 cm³/mol. The number of rotatable bonds is 5. The molecule has 3 rings (SSSR count). The van der Waals surface area contributed by atoms with Gasteiger partial charge in [-0.2, -0.15) is 0 Å². The minimum Gasteiger partial charge on any atom is -0.493 e. The molecule has 0 spiro atoms. The number of benzene rings is 2. The fraction of sp³-hybridized carbons (Fsp3) is 0.158. The molecule has 0 aromatic heterocycles. The van der Waals surface area contributed by atoms with Gasteiger partial charge in [0.25, 0.3) is 11.1 Å². The molecule has 2 aromatic carbocycles. The number of ether oxygens (including phenoxy) is 2. The normalized spacial score (nSPS) is 15.5. The van der Waals surface area contributed by atoms with Gasteiger partial charge < -0.3 is 9.47 Å². The fourth-order valence-corrected chi connectivity index (χ4v) is 4.01. The first-order valence-electron chi connectivity index (χ1n) is 7.95. The Morgan fingerprint density at radius 3 is 2.54 bits per heavy atom. The summed E-state index contributed by atoms with van der Waals surface area (Å²) in [5.74, 6) is -0.371. The minimum atomic E-state index is -0.581. The van der Waals surface area contributed by atoms with Gasteiger partial charge in [0.15, 0.2) is 11.5 Å². The number of carbonyl (C=O) groups is 2. The molecule has 1 aliphatic heterocycles. The zero-order valence-electron chi connectivity index (χ0n) is 14.8. The second-order valence-corrected chi connectivity index (χ2v) is 7.51. The SMILES string of the molecule is COc1cc(C=C2SC(=O)N(Cc3c(F)cccc3Cl)C2=O)cc(Cl)c1OC. The van der Waals surface area contributed by atoms with Gasteiger partial charge in [0.2, 0.25) is 0 Å². The van der Waals surface area contributed by atoms with Gasteiger partial charge in [-0.15, -0.1) is 0 Å². The molecule has 0 aliphatic carbocycles. The van der Waals surface area contributed by atoms with E-state index < -0.39 is 17.0 Å². The summed E-state index contributed by atoms with van der Waals surface area (Å²) >= 11 is 12.9. The van der Waals surface area contributed by atoms with Gasteiger partial charge in [0, 0.05) is 10.6 Å². The topological polar surface area (TPSA) is 55.8 Å². The molecule has 0 saturated carbocycles. The monoisotopic (exact) mass is 441 g/mol. The van der Waals surface area contributed by atoms with Gasteiger partial charge in [0.1, 0.15) is 5.82 Å². The van der Waals surface area contributed by atoms with Crippen molar-refractivity contribution in [3.8, 4) is 11.5 Å². The Hall–Kier alpha value is -2.22. The molecule has 1 saturated heterocycles. The Morgan fingerprint density at radius 2 is 1.89 bits per heavy atom. The number of hydrogen-bond acceptors (Lipinski definition) is 5. The number of imide groups is 1. The van der Waals surface area contributed by atoms with Crippen molar-refractivity contribution in [1.82, 2.24) is 4.90 Å². The Bertz CT molecular complexity index is 976. The van der Waals surface area contributed by atoms with Gasteiger partial charge in [0.05, 0.1) is 30.7 Å². The van der Waals surface area contributed by atoms with E-state index in [9.17, 15) is 14.0 Å². The van der Waals surface area contributed by atoms with E-state index in [1.807, 2.05) is 0 Å². The van der Waals surface area contributed by atoms with Crippen LogP contribution < -0.4 is 9.47 Å². The average Bonchev–Trinajstić information content (AvgIpc) is 2.91. The molecule has 146 valence electrons. The van der Waals surface area contributed by atoms with Crippen LogP contribution in [0.15, 0.2) is 35.2 Å². The van der Waals surface area contributed by atoms with Crippen LogP contribution in [0, 0.1) is 5.82 Å². The summed E-state index contributed by atoms with van der Waals surface area (Å²) in [6, 6.07) is 7.40. The molecule has 1 aliphatic rings. The minimum absolute atomic E-state index is 0.0851. The van der Waals surface area contributed by atoms with E-state index >= 15 is 0 Å². The summed E-state index contributed by atoms with van der Waals surface area (Å²) in [4.78, 5) is 26.1. The molecule has 9 heteroatoms. The number of hydrogen-bond donors (Lipinski definition) is 0. The third-order valence-electron chi connectivity index (χ3n) is 4.01. The van der Waals surface area contributed by atoms with Crippen LogP contribution in [0.5, 0.6) is 11.5 Å². The Labute approximate surface area is 175 Å². The van der Waals surface area contributed by atoms with E-state index in [0.29, 0.717) is 22.1 Å². The Morgan fingerprint density at radius 1 is 1.14 bits per heavy atom. The van der Waals surface area contributed by atoms with Crippen LogP contribution in [0.25, 0.3) is 6.08 Å². The molecule has 5 nitrogen and oxygen atoms in total. The molecular weight excluding hydrogens is 428 g/mol. The van der Waals surface area contributed by atoms with Crippen molar-refractivity contribution in [2.24, 2.45) is 0 Å². The molecule has 2 amide bonds. The van der Waals surface area contributed by atoms with Gasteiger partial charge >= 0.3 is 0 Å². The molecule has 1 heterocycles. The highest BCUT2D eigenvalue weighted by molar-refractivity contribution is 8.18. The lowest BCUT2D eigenvalue weighted by Crippen LogP contribution is -2.28. The Balaban J connectivity index is 1.90. The van der Waals surface area contributed by atoms with E-state index in [1.54, 1.807) is 12.1 Å². The predicted octanol–water partition coefficient (Wildman–Crippen LogP) is 5.39. The fourth-order valence-electron chi connectivity index (χ4n) is 2.65. The maximum absolute atomic E-state index is 14.0. The van der Waals surface area contributed by atoms with Gasteiger partial charge in [-0.05, 0) is 47.7 Å². The lowest BCUT2D eigenvalue weighted by atomic mass is 10.1. The largest absolute Gasteiger partial charge is 0.493 e. The second kappa shape index (κ2) is 8.43. The van der Waals surface area contributed by atoms with Crippen molar-refractivity contribution in [2.75, 3.05) is 14.2 Å².